The van der Waals surface area contributed by atoms with E-state index in [1.807, 2.05) is 33.8 Å². The van der Waals surface area contributed by atoms with Crippen LogP contribution in [0.3, 0.4) is 0 Å². The fourth-order valence-corrected chi connectivity index (χ4v) is 4.36. The van der Waals surface area contributed by atoms with Gasteiger partial charge in [0.05, 0.1) is 11.9 Å². The molecule has 34 heavy (non-hydrogen) atoms. The average molecular weight is 492 g/mol. The molecule has 0 aliphatic carbocycles. The van der Waals surface area contributed by atoms with Crippen molar-refractivity contribution < 1.29 is 22.4 Å². The maximum Gasteiger partial charge on any atom is 0.244 e. The molecule has 2 rings (SSSR count). The molecule has 9 heteroatoms. The van der Waals surface area contributed by atoms with Crippen LogP contribution in [0.5, 0.6) is 0 Å². The molecule has 2 aromatic rings. The predicted octanol–water partition coefficient (Wildman–Crippen LogP) is 3.40. The highest BCUT2D eigenvalue weighted by atomic mass is 32.2. The van der Waals surface area contributed by atoms with Crippen molar-refractivity contribution in [3.05, 3.63) is 65.0 Å². The first-order chi connectivity index (χ1) is 15.8. The molecular weight excluding hydrogens is 457 g/mol. The molecule has 2 amide bonds. The van der Waals surface area contributed by atoms with Crippen LogP contribution in [-0.4, -0.2) is 50.5 Å². The second-order valence-electron chi connectivity index (χ2n) is 9.08. The molecule has 0 unspecified atom stereocenters. The third-order valence-electron chi connectivity index (χ3n) is 5.29. The summed E-state index contributed by atoms with van der Waals surface area (Å²) in [4.78, 5) is 27.6. The van der Waals surface area contributed by atoms with E-state index >= 15 is 0 Å². The maximum atomic E-state index is 13.5. The highest BCUT2D eigenvalue weighted by Crippen LogP contribution is 2.22. The van der Waals surface area contributed by atoms with Crippen LogP contribution in [0, 0.1) is 25.6 Å². The minimum Gasteiger partial charge on any atom is -0.354 e. The van der Waals surface area contributed by atoms with E-state index in [1.54, 1.807) is 19.1 Å². The van der Waals surface area contributed by atoms with Crippen LogP contribution in [0.15, 0.2) is 42.5 Å². The number of carbonyl (C=O) groups excluding carboxylic acids is 2. The molecule has 0 saturated heterocycles. The van der Waals surface area contributed by atoms with Gasteiger partial charge in [-0.1, -0.05) is 32.0 Å². The Labute approximate surface area is 202 Å². The normalized spacial score (nSPS) is 12.4. The molecule has 0 heterocycles. The van der Waals surface area contributed by atoms with E-state index in [1.165, 1.54) is 29.2 Å². The number of benzene rings is 2. The summed E-state index contributed by atoms with van der Waals surface area (Å²) in [5, 5.41) is 2.82. The lowest BCUT2D eigenvalue weighted by Gasteiger charge is -2.31. The van der Waals surface area contributed by atoms with Gasteiger partial charge in [-0.25, -0.2) is 12.8 Å². The Kier molecular flexibility index (Phi) is 9.21. The molecule has 1 atom stereocenters. The van der Waals surface area contributed by atoms with Gasteiger partial charge in [-0.05, 0) is 67.6 Å². The summed E-state index contributed by atoms with van der Waals surface area (Å²) in [6.45, 7) is 9.21. The fraction of sp³-hybridized carbons (Fsp3) is 0.440. The van der Waals surface area contributed by atoms with Crippen molar-refractivity contribution in [3.8, 4) is 0 Å². The first kappa shape index (κ1) is 27.3. The van der Waals surface area contributed by atoms with Gasteiger partial charge in [0.15, 0.2) is 0 Å². The summed E-state index contributed by atoms with van der Waals surface area (Å²) >= 11 is 0. The minimum atomic E-state index is -3.79. The number of nitrogens with zero attached hydrogens (tertiary/aromatic N) is 2. The Morgan fingerprint density at radius 3 is 2.06 bits per heavy atom. The van der Waals surface area contributed by atoms with Gasteiger partial charge in [0, 0.05) is 13.1 Å². The summed E-state index contributed by atoms with van der Waals surface area (Å²) in [5.41, 5.74) is 2.73. The number of rotatable bonds is 10. The van der Waals surface area contributed by atoms with Crippen LogP contribution in [-0.2, 0) is 26.2 Å². The monoisotopic (exact) mass is 491 g/mol. The van der Waals surface area contributed by atoms with Gasteiger partial charge < -0.3 is 10.2 Å². The number of carbonyl (C=O) groups is 2. The SMILES string of the molecule is Cc1cc(C)cc(N(CC(=O)N(Cc2ccc(F)cc2)[C@H](C)C(=O)NCC(C)C)S(C)(=O)=O)c1. The largest absolute Gasteiger partial charge is 0.354 e. The molecule has 2 aromatic carbocycles. The first-order valence-corrected chi connectivity index (χ1v) is 13.0. The Bertz CT molecular complexity index is 1100. The number of hydrogen-bond donors (Lipinski definition) is 1. The summed E-state index contributed by atoms with van der Waals surface area (Å²) in [7, 11) is -3.79. The molecule has 0 aliphatic rings. The van der Waals surface area contributed by atoms with Gasteiger partial charge in [-0.2, -0.15) is 0 Å². The summed E-state index contributed by atoms with van der Waals surface area (Å²) in [5.74, 6) is -1.08. The number of nitrogens with one attached hydrogen (secondary N) is 1. The van der Waals surface area contributed by atoms with Crippen molar-refractivity contribution in [1.29, 1.82) is 0 Å². The molecule has 0 saturated carbocycles. The molecule has 186 valence electrons. The molecule has 0 fully saturated rings. The van der Waals surface area contributed by atoms with Gasteiger partial charge >= 0.3 is 0 Å². The van der Waals surface area contributed by atoms with E-state index in [0.29, 0.717) is 17.8 Å². The fourth-order valence-electron chi connectivity index (χ4n) is 3.53. The molecule has 7 nitrogen and oxygen atoms in total. The summed E-state index contributed by atoms with van der Waals surface area (Å²) in [6.07, 6.45) is 1.04. The minimum absolute atomic E-state index is 0.0276. The Balaban J connectivity index is 2.39. The number of amides is 2. The Hall–Kier alpha value is -2.94. The molecule has 0 aromatic heterocycles. The molecular formula is C25H34FN3O4S. The zero-order valence-electron chi connectivity index (χ0n) is 20.6. The van der Waals surface area contributed by atoms with Gasteiger partial charge in [-0.3, -0.25) is 13.9 Å². The number of sulfonamides is 1. The lowest BCUT2D eigenvalue weighted by molar-refractivity contribution is -0.139. The number of hydrogen-bond acceptors (Lipinski definition) is 4. The smallest absolute Gasteiger partial charge is 0.244 e. The Morgan fingerprint density at radius 1 is 1.00 bits per heavy atom. The molecule has 0 spiro atoms. The van der Waals surface area contributed by atoms with E-state index in [4.69, 9.17) is 0 Å². The lowest BCUT2D eigenvalue weighted by atomic mass is 10.1. The second kappa shape index (κ2) is 11.5. The van der Waals surface area contributed by atoms with Crippen molar-refractivity contribution in [2.75, 3.05) is 23.7 Å². The molecule has 0 bridgehead atoms. The average Bonchev–Trinajstić information content (AvgIpc) is 2.73. The highest BCUT2D eigenvalue weighted by molar-refractivity contribution is 7.92. The zero-order chi connectivity index (χ0) is 25.6. The van der Waals surface area contributed by atoms with Crippen LogP contribution < -0.4 is 9.62 Å². The van der Waals surface area contributed by atoms with Gasteiger partial charge in [0.2, 0.25) is 21.8 Å². The summed E-state index contributed by atoms with van der Waals surface area (Å²) < 4.78 is 39.7. The first-order valence-electron chi connectivity index (χ1n) is 11.2. The number of anilines is 1. The van der Waals surface area contributed by atoms with E-state index in [-0.39, 0.29) is 18.4 Å². The predicted molar refractivity (Wildman–Crippen MR) is 132 cm³/mol. The van der Waals surface area contributed by atoms with Crippen molar-refractivity contribution in [3.63, 3.8) is 0 Å². The van der Waals surface area contributed by atoms with Crippen molar-refractivity contribution in [2.45, 2.75) is 47.2 Å². The van der Waals surface area contributed by atoms with Crippen LogP contribution >= 0.6 is 0 Å². The maximum absolute atomic E-state index is 13.5. The topological polar surface area (TPSA) is 86.8 Å². The van der Waals surface area contributed by atoms with E-state index in [9.17, 15) is 22.4 Å². The third kappa shape index (κ3) is 7.83. The van der Waals surface area contributed by atoms with Crippen LogP contribution in [0.2, 0.25) is 0 Å². The third-order valence-corrected chi connectivity index (χ3v) is 6.43. The summed E-state index contributed by atoms with van der Waals surface area (Å²) in [6, 6.07) is 10.1. The van der Waals surface area contributed by atoms with Gasteiger partial charge in [0.1, 0.15) is 18.4 Å². The standard InChI is InChI=1S/C25H34FN3O4S/c1-17(2)14-27-25(31)20(5)28(15-21-7-9-22(26)10-8-21)24(30)16-29(34(6,32)33)23-12-18(3)11-19(4)13-23/h7-13,17,20H,14-16H2,1-6H3,(H,27,31)/t20-/m1/s1. The molecule has 0 radical (unpaired) electrons. The number of aryl methyl sites for hydroxylation is 2. The molecule has 1 N–H and O–H groups in total. The van der Waals surface area contributed by atoms with E-state index in [2.05, 4.69) is 5.32 Å². The lowest BCUT2D eigenvalue weighted by Crippen LogP contribution is -2.51. The van der Waals surface area contributed by atoms with Crippen molar-refractivity contribution >= 4 is 27.5 Å². The zero-order valence-corrected chi connectivity index (χ0v) is 21.4. The van der Waals surface area contributed by atoms with Gasteiger partial charge in [0.25, 0.3) is 0 Å². The van der Waals surface area contributed by atoms with Crippen molar-refractivity contribution in [2.24, 2.45) is 5.92 Å². The van der Waals surface area contributed by atoms with Gasteiger partial charge in [-0.15, -0.1) is 0 Å². The van der Waals surface area contributed by atoms with E-state index < -0.39 is 34.3 Å². The van der Waals surface area contributed by atoms with Crippen LogP contribution in [0.4, 0.5) is 10.1 Å². The van der Waals surface area contributed by atoms with Crippen molar-refractivity contribution in [1.82, 2.24) is 10.2 Å². The van der Waals surface area contributed by atoms with Crippen LogP contribution in [0.25, 0.3) is 0 Å². The van der Waals surface area contributed by atoms with Crippen LogP contribution in [0.1, 0.15) is 37.5 Å². The second-order valence-corrected chi connectivity index (χ2v) is 11.0. The Morgan fingerprint density at radius 2 is 1.56 bits per heavy atom. The highest BCUT2D eigenvalue weighted by Gasteiger charge is 2.30. The number of halogens is 1. The molecule has 0 aliphatic heterocycles. The van der Waals surface area contributed by atoms with E-state index in [0.717, 1.165) is 21.7 Å². The quantitative estimate of drug-likeness (QED) is 0.552.